The summed E-state index contributed by atoms with van der Waals surface area (Å²) in [6.45, 7) is 4.31. The second kappa shape index (κ2) is 6.34. The van der Waals surface area contributed by atoms with Gasteiger partial charge in [-0.05, 0) is 48.7 Å². The zero-order valence-corrected chi connectivity index (χ0v) is 11.4. The number of phenols is 1. The van der Waals surface area contributed by atoms with Gasteiger partial charge in [0.25, 0.3) is 0 Å². The quantitative estimate of drug-likeness (QED) is 0.859. The van der Waals surface area contributed by atoms with Crippen molar-refractivity contribution in [1.82, 2.24) is 10.3 Å². The molecule has 0 spiro atoms. The molecule has 0 amide bonds. The molecule has 0 fully saturated rings. The van der Waals surface area contributed by atoms with Gasteiger partial charge in [0.05, 0.1) is 0 Å². The van der Waals surface area contributed by atoms with Crippen LogP contribution in [0.1, 0.15) is 43.5 Å². The van der Waals surface area contributed by atoms with E-state index in [1.54, 1.807) is 12.1 Å². The van der Waals surface area contributed by atoms with Gasteiger partial charge < -0.3 is 10.4 Å². The van der Waals surface area contributed by atoms with E-state index in [-0.39, 0.29) is 12.1 Å². The molecule has 19 heavy (non-hydrogen) atoms. The molecule has 0 radical (unpaired) electrons. The molecular weight excluding hydrogens is 236 g/mol. The molecule has 1 aromatic carbocycles. The van der Waals surface area contributed by atoms with E-state index >= 15 is 0 Å². The molecule has 0 bridgehead atoms. The van der Waals surface area contributed by atoms with E-state index in [1.807, 2.05) is 36.7 Å². The van der Waals surface area contributed by atoms with Gasteiger partial charge in [0.1, 0.15) is 5.75 Å². The van der Waals surface area contributed by atoms with Gasteiger partial charge in [-0.1, -0.05) is 19.1 Å². The fourth-order valence-corrected chi connectivity index (χ4v) is 2.21. The number of nitrogens with zero attached hydrogens (tertiary/aromatic N) is 1. The van der Waals surface area contributed by atoms with Crippen LogP contribution < -0.4 is 5.32 Å². The highest BCUT2D eigenvalue weighted by atomic mass is 16.3. The third kappa shape index (κ3) is 3.55. The van der Waals surface area contributed by atoms with Gasteiger partial charge in [-0.15, -0.1) is 0 Å². The highest BCUT2D eigenvalue weighted by Crippen LogP contribution is 2.23. The minimum atomic E-state index is 0.266. The summed E-state index contributed by atoms with van der Waals surface area (Å²) in [4.78, 5) is 4.04. The number of benzene rings is 1. The molecule has 0 aliphatic carbocycles. The Kier molecular flexibility index (Phi) is 4.53. The number of hydrogen-bond donors (Lipinski definition) is 2. The maximum atomic E-state index is 9.34. The van der Waals surface area contributed by atoms with E-state index in [0.717, 1.165) is 6.42 Å². The molecule has 2 N–H and O–H groups in total. The lowest BCUT2D eigenvalue weighted by Crippen LogP contribution is -2.24. The number of hydrogen-bond acceptors (Lipinski definition) is 3. The average Bonchev–Trinajstić information content (AvgIpc) is 2.46. The van der Waals surface area contributed by atoms with E-state index < -0.39 is 0 Å². The topological polar surface area (TPSA) is 45.2 Å². The van der Waals surface area contributed by atoms with E-state index in [0.29, 0.717) is 5.75 Å². The zero-order chi connectivity index (χ0) is 13.7. The minimum Gasteiger partial charge on any atom is -0.508 e. The van der Waals surface area contributed by atoms with Crippen LogP contribution in [0.3, 0.4) is 0 Å². The van der Waals surface area contributed by atoms with Crippen molar-refractivity contribution in [2.45, 2.75) is 32.4 Å². The Morgan fingerprint density at radius 2 is 1.68 bits per heavy atom. The van der Waals surface area contributed by atoms with E-state index in [1.165, 1.54) is 11.1 Å². The van der Waals surface area contributed by atoms with E-state index in [4.69, 9.17) is 0 Å². The van der Waals surface area contributed by atoms with Gasteiger partial charge in [-0.2, -0.15) is 0 Å². The predicted octanol–water partition coefficient (Wildman–Crippen LogP) is 3.59. The Morgan fingerprint density at radius 3 is 2.26 bits per heavy atom. The summed E-state index contributed by atoms with van der Waals surface area (Å²) < 4.78 is 0. The molecule has 1 unspecified atom stereocenters. The summed E-state index contributed by atoms with van der Waals surface area (Å²) in [6, 6.07) is 12.0. The third-order valence-electron chi connectivity index (χ3n) is 3.36. The number of aromatic nitrogens is 1. The molecule has 3 heteroatoms. The number of aromatic hydroxyl groups is 1. The molecule has 2 atom stereocenters. The summed E-state index contributed by atoms with van der Waals surface area (Å²) in [7, 11) is 0. The Morgan fingerprint density at radius 1 is 1.05 bits per heavy atom. The van der Waals surface area contributed by atoms with Crippen LogP contribution in [0.5, 0.6) is 5.75 Å². The summed E-state index contributed by atoms with van der Waals surface area (Å²) in [6.07, 6.45) is 4.63. The average molecular weight is 256 g/mol. The predicted molar refractivity (Wildman–Crippen MR) is 76.9 cm³/mol. The second-order valence-electron chi connectivity index (χ2n) is 4.72. The highest BCUT2D eigenvalue weighted by Gasteiger charge is 2.13. The van der Waals surface area contributed by atoms with Gasteiger partial charge in [0, 0.05) is 24.5 Å². The monoisotopic (exact) mass is 256 g/mol. The van der Waals surface area contributed by atoms with Crippen LogP contribution in [-0.4, -0.2) is 10.1 Å². The number of phenolic OH excluding ortho intramolecular Hbond substituents is 1. The number of rotatable bonds is 5. The van der Waals surface area contributed by atoms with Gasteiger partial charge in [0.2, 0.25) is 0 Å². The number of nitrogens with one attached hydrogen (secondary N) is 1. The van der Waals surface area contributed by atoms with E-state index in [9.17, 15) is 5.11 Å². The molecular formula is C16H20N2O. The lowest BCUT2D eigenvalue weighted by Gasteiger charge is -2.23. The van der Waals surface area contributed by atoms with E-state index in [2.05, 4.69) is 24.1 Å². The molecule has 0 aliphatic heterocycles. The molecule has 3 nitrogen and oxygen atoms in total. The van der Waals surface area contributed by atoms with Crippen LogP contribution >= 0.6 is 0 Å². The minimum absolute atomic E-state index is 0.266. The second-order valence-corrected chi connectivity index (χ2v) is 4.72. The van der Waals surface area contributed by atoms with Crippen LogP contribution in [0.25, 0.3) is 0 Å². The first-order valence-corrected chi connectivity index (χ1v) is 6.65. The molecule has 0 saturated heterocycles. The maximum absolute atomic E-state index is 9.34. The SMILES string of the molecule is CCC(N[C@H](C)c1ccncc1)c1ccc(O)cc1. The first kappa shape index (κ1) is 13.6. The summed E-state index contributed by atoms with van der Waals surface area (Å²) >= 11 is 0. The van der Waals surface area contributed by atoms with Gasteiger partial charge >= 0.3 is 0 Å². The maximum Gasteiger partial charge on any atom is 0.115 e. The molecule has 0 aliphatic rings. The van der Waals surface area contributed by atoms with Crippen molar-refractivity contribution in [3.8, 4) is 5.75 Å². The largest absolute Gasteiger partial charge is 0.508 e. The van der Waals surface area contributed by atoms with Crippen molar-refractivity contribution in [3.05, 3.63) is 59.9 Å². The third-order valence-corrected chi connectivity index (χ3v) is 3.36. The fourth-order valence-electron chi connectivity index (χ4n) is 2.21. The molecule has 2 aromatic rings. The Balaban J connectivity index is 2.09. The van der Waals surface area contributed by atoms with Gasteiger partial charge in [-0.25, -0.2) is 0 Å². The van der Waals surface area contributed by atoms with Gasteiger partial charge in [-0.3, -0.25) is 4.98 Å². The van der Waals surface area contributed by atoms with Crippen molar-refractivity contribution in [2.75, 3.05) is 0 Å². The van der Waals surface area contributed by atoms with Crippen molar-refractivity contribution < 1.29 is 5.11 Å². The standard InChI is InChI=1S/C16H20N2O/c1-3-16(14-4-6-15(19)7-5-14)18-12(2)13-8-10-17-11-9-13/h4-12,16,18-19H,3H2,1-2H3/t12-,16?/m1/s1. The Labute approximate surface area is 114 Å². The molecule has 1 aromatic heterocycles. The highest BCUT2D eigenvalue weighted by molar-refractivity contribution is 5.28. The summed E-state index contributed by atoms with van der Waals surface area (Å²) in [5.41, 5.74) is 2.42. The zero-order valence-electron chi connectivity index (χ0n) is 11.4. The normalized spacial score (nSPS) is 14.0. The molecule has 100 valence electrons. The van der Waals surface area contributed by atoms with Gasteiger partial charge in [0.15, 0.2) is 0 Å². The fraction of sp³-hybridized carbons (Fsp3) is 0.312. The van der Waals surface area contributed by atoms with Crippen LogP contribution in [0.2, 0.25) is 0 Å². The van der Waals surface area contributed by atoms with Crippen molar-refractivity contribution in [2.24, 2.45) is 0 Å². The smallest absolute Gasteiger partial charge is 0.115 e. The lowest BCUT2D eigenvalue weighted by atomic mass is 10.0. The number of pyridine rings is 1. The van der Waals surface area contributed by atoms with Crippen molar-refractivity contribution >= 4 is 0 Å². The molecule has 2 rings (SSSR count). The summed E-state index contributed by atoms with van der Waals surface area (Å²) in [5, 5.41) is 13.0. The molecule has 0 saturated carbocycles. The Bertz CT molecular complexity index is 496. The van der Waals surface area contributed by atoms with Crippen LogP contribution in [-0.2, 0) is 0 Å². The first-order valence-electron chi connectivity index (χ1n) is 6.65. The van der Waals surface area contributed by atoms with Crippen molar-refractivity contribution in [3.63, 3.8) is 0 Å². The first-order chi connectivity index (χ1) is 9.20. The van der Waals surface area contributed by atoms with Crippen molar-refractivity contribution in [1.29, 1.82) is 0 Å². The summed E-state index contributed by atoms with van der Waals surface area (Å²) in [5.74, 6) is 0.306. The Hall–Kier alpha value is -1.87. The van der Waals surface area contributed by atoms with Crippen LogP contribution in [0.4, 0.5) is 0 Å². The lowest BCUT2D eigenvalue weighted by molar-refractivity contribution is 0.453. The van der Waals surface area contributed by atoms with Crippen LogP contribution in [0.15, 0.2) is 48.8 Å². The van der Waals surface area contributed by atoms with Crippen LogP contribution in [0, 0.1) is 0 Å². The molecule has 1 heterocycles.